The van der Waals surface area contributed by atoms with Crippen molar-refractivity contribution in [1.82, 2.24) is 13.8 Å². The van der Waals surface area contributed by atoms with Crippen LogP contribution in [0.2, 0.25) is 0 Å². The van der Waals surface area contributed by atoms with Gasteiger partial charge in [0.2, 0.25) is 0 Å². The number of nitrogens with zero attached hydrogens (tertiary/aromatic N) is 3. The van der Waals surface area contributed by atoms with E-state index >= 15 is 0 Å². The largest absolute Gasteiger partial charge is 0.444 e. The number of hydrogen-bond acceptors (Lipinski definition) is 6. The maximum Gasteiger partial charge on any atom is 0.410 e. The predicted molar refractivity (Wildman–Crippen MR) is 138 cm³/mol. The monoisotopic (exact) mass is 561 g/mol. The van der Waals surface area contributed by atoms with Crippen LogP contribution in [0, 0.1) is 0 Å². The Morgan fingerprint density at radius 3 is 2.29 bits per heavy atom. The molecule has 0 saturated carbocycles. The molecule has 2 aromatic carbocycles. The molecule has 1 aliphatic rings. The van der Waals surface area contributed by atoms with E-state index in [1.165, 1.54) is 18.3 Å². The fourth-order valence-electron chi connectivity index (χ4n) is 4.02. The van der Waals surface area contributed by atoms with Gasteiger partial charge in [0, 0.05) is 48.8 Å². The van der Waals surface area contributed by atoms with E-state index < -0.39 is 21.2 Å². The summed E-state index contributed by atoms with van der Waals surface area (Å²) in [5, 5.41) is 1.02. The number of aromatic nitrogens is 1. The van der Waals surface area contributed by atoms with Gasteiger partial charge < -0.3 is 9.64 Å². The molecule has 0 N–H and O–H groups in total. The molecular formula is C25H28BrN3O5S. The minimum atomic E-state index is -4.07. The Balaban J connectivity index is 1.66. The second kappa shape index (κ2) is 9.75. The van der Waals surface area contributed by atoms with Crippen molar-refractivity contribution in [2.75, 3.05) is 26.2 Å². The Bertz CT molecular complexity index is 1410. The number of carbonyl (C=O) groups is 1. The lowest BCUT2D eigenvalue weighted by molar-refractivity contribution is 0.0139. The minimum absolute atomic E-state index is 0.0514. The zero-order valence-electron chi connectivity index (χ0n) is 19.9. The Morgan fingerprint density at radius 1 is 1.00 bits per heavy atom. The van der Waals surface area contributed by atoms with Crippen LogP contribution < -0.4 is 5.56 Å². The Kier molecular flexibility index (Phi) is 7.08. The smallest absolute Gasteiger partial charge is 0.410 e. The maximum atomic E-state index is 13.3. The summed E-state index contributed by atoms with van der Waals surface area (Å²) in [5.41, 5.74) is -0.431. The van der Waals surface area contributed by atoms with Crippen molar-refractivity contribution in [2.24, 2.45) is 0 Å². The van der Waals surface area contributed by atoms with Gasteiger partial charge in [-0.25, -0.2) is 17.2 Å². The second-order valence-electron chi connectivity index (χ2n) is 9.51. The summed E-state index contributed by atoms with van der Waals surface area (Å²) in [4.78, 5) is 29.5. The van der Waals surface area contributed by atoms with Gasteiger partial charge in [0.15, 0.2) is 0 Å². The summed E-state index contributed by atoms with van der Waals surface area (Å²) < 4.78 is 33.7. The van der Waals surface area contributed by atoms with Crippen molar-refractivity contribution in [3.63, 3.8) is 0 Å². The molecule has 0 radical (unpaired) electrons. The van der Waals surface area contributed by atoms with E-state index in [0.717, 1.165) is 8.45 Å². The summed E-state index contributed by atoms with van der Waals surface area (Å²) in [6.07, 6.45) is 1.09. The number of hydrogen-bond donors (Lipinski definition) is 0. The van der Waals surface area contributed by atoms with E-state index in [9.17, 15) is 18.0 Å². The van der Waals surface area contributed by atoms with Gasteiger partial charge in [-0.3, -0.25) is 9.69 Å². The highest BCUT2D eigenvalue weighted by atomic mass is 79.9. The zero-order valence-corrected chi connectivity index (χ0v) is 22.3. The average Bonchev–Trinajstić information content (AvgIpc) is 2.80. The van der Waals surface area contributed by atoms with Crippen molar-refractivity contribution in [3.8, 4) is 0 Å². The normalized spacial score (nSPS) is 15.4. The summed E-state index contributed by atoms with van der Waals surface area (Å²) in [6.45, 7) is 8.13. The lowest BCUT2D eigenvalue weighted by Gasteiger charge is -2.35. The van der Waals surface area contributed by atoms with E-state index in [2.05, 4.69) is 20.8 Å². The van der Waals surface area contributed by atoms with E-state index in [-0.39, 0.29) is 11.0 Å². The molecule has 10 heteroatoms. The Morgan fingerprint density at radius 2 is 1.66 bits per heavy atom. The molecule has 1 saturated heterocycles. The number of benzene rings is 2. The van der Waals surface area contributed by atoms with Gasteiger partial charge >= 0.3 is 6.09 Å². The van der Waals surface area contributed by atoms with Crippen molar-refractivity contribution in [1.29, 1.82) is 0 Å². The molecule has 2 heterocycles. The molecule has 4 rings (SSSR count). The van der Waals surface area contributed by atoms with Crippen molar-refractivity contribution >= 4 is 42.8 Å². The van der Waals surface area contributed by atoms with Gasteiger partial charge in [-0.05, 0) is 62.1 Å². The van der Waals surface area contributed by atoms with Crippen LogP contribution in [0.25, 0.3) is 10.8 Å². The number of fused-ring (bicyclic) bond motifs is 1. The fourth-order valence-corrected chi connectivity index (χ4v) is 5.70. The molecule has 0 unspecified atom stereocenters. The van der Waals surface area contributed by atoms with Crippen LogP contribution in [0.15, 0.2) is 68.9 Å². The first kappa shape index (κ1) is 25.4. The molecule has 8 nitrogen and oxygen atoms in total. The molecule has 35 heavy (non-hydrogen) atoms. The van der Waals surface area contributed by atoms with Crippen LogP contribution in [0.5, 0.6) is 0 Å². The minimum Gasteiger partial charge on any atom is -0.444 e. The molecular weight excluding hydrogens is 534 g/mol. The highest BCUT2D eigenvalue weighted by Gasteiger charge is 2.27. The van der Waals surface area contributed by atoms with E-state index in [0.29, 0.717) is 49.1 Å². The van der Waals surface area contributed by atoms with Crippen molar-refractivity contribution in [2.45, 2.75) is 37.8 Å². The van der Waals surface area contributed by atoms with Gasteiger partial charge in [0.05, 0.1) is 4.90 Å². The van der Waals surface area contributed by atoms with Crippen LogP contribution in [0.3, 0.4) is 0 Å². The van der Waals surface area contributed by atoms with Gasteiger partial charge in [0.1, 0.15) is 5.60 Å². The highest BCUT2D eigenvalue weighted by Crippen LogP contribution is 2.24. The predicted octanol–water partition coefficient (Wildman–Crippen LogP) is 4.05. The Labute approximate surface area is 213 Å². The summed E-state index contributed by atoms with van der Waals surface area (Å²) >= 11 is 3.46. The molecule has 1 aliphatic heterocycles. The molecule has 0 spiro atoms. The third-order valence-electron chi connectivity index (χ3n) is 5.75. The lowest BCUT2D eigenvalue weighted by Crippen LogP contribution is -2.49. The standard InChI is InChI=1S/C25H28BrN3O5S/c1-25(2,3)34-24(31)28-13-11-27(12-14-28)16-18-17-29(35(32,33)20-7-5-4-6-8-20)23(30)21-10-9-19(26)15-22(18)21/h4-10,15,17H,11-14,16H2,1-3H3. The third-order valence-corrected chi connectivity index (χ3v) is 7.90. The SMILES string of the molecule is CC(C)(C)OC(=O)N1CCN(Cc2cn(S(=O)(=O)c3ccccc3)c(=O)c3ccc(Br)cc23)CC1. The fraction of sp³-hybridized carbons (Fsp3) is 0.360. The quantitative estimate of drug-likeness (QED) is 0.477. The topological polar surface area (TPSA) is 88.9 Å². The van der Waals surface area contributed by atoms with Crippen molar-refractivity contribution in [3.05, 3.63) is 75.1 Å². The van der Waals surface area contributed by atoms with Crippen LogP contribution >= 0.6 is 15.9 Å². The maximum absolute atomic E-state index is 13.3. The molecule has 1 amide bonds. The van der Waals surface area contributed by atoms with Gasteiger partial charge in [-0.2, -0.15) is 0 Å². The van der Waals surface area contributed by atoms with Crippen LogP contribution in [0.1, 0.15) is 26.3 Å². The second-order valence-corrected chi connectivity index (χ2v) is 12.2. The molecule has 0 atom stereocenters. The lowest BCUT2D eigenvalue weighted by atomic mass is 10.1. The van der Waals surface area contributed by atoms with Crippen LogP contribution in [0.4, 0.5) is 4.79 Å². The van der Waals surface area contributed by atoms with E-state index in [4.69, 9.17) is 4.74 Å². The molecule has 0 bridgehead atoms. The van der Waals surface area contributed by atoms with Gasteiger partial charge in [-0.1, -0.05) is 34.1 Å². The highest BCUT2D eigenvalue weighted by molar-refractivity contribution is 9.10. The van der Waals surface area contributed by atoms with Crippen molar-refractivity contribution < 1.29 is 17.9 Å². The number of pyridine rings is 1. The van der Waals surface area contributed by atoms with E-state index in [1.54, 1.807) is 35.2 Å². The van der Waals surface area contributed by atoms with E-state index in [1.807, 2.05) is 26.8 Å². The molecule has 3 aromatic rings. The van der Waals surface area contributed by atoms with Crippen LogP contribution in [-0.2, 0) is 21.3 Å². The number of amides is 1. The zero-order chi connectivity index (χ0) is 25.4. The number of halogens is 1. The summed E-state index contributed by atoms with van der Waals surface area (Å²) in [7, 11) is -4.07. The average molecular weight is 562 g/mol. The summed E-state index contributed by atoms with van der Waals surface area (Å²) in [5.74, 6) is 0. The first-order chi connectivity index (χ1) is 16.5. The summed E-state index contributed by atoms with van der Waals surface area (Å²) in [6, 6.07) is 13.1. The number of ether oxygens (including phenoxy) is 1. The first-order valence-electron chi connectivity index (χ1n) is 11.3. The number of piperazine rings is 1. The third kappa shape index (κ3) is 5.60. The number of carbonyl (C=O) groups excluding carboxylic acids is 1. The van der Waals surface area contributed by atoms with Gasteiger partial charge in [0.25, 0.3) is 15.6 Å². The van der Waals surface area contributed by atoms with Gasteiger partial charge in [-0.15, -0.1) is 0 Å². The first-order valence-corrected chi connectivity index (χ1v) is 13.5. The Hall–Kier alpha value is -2.69. The number of rotatable bonds is 4. The molecule has 1 aromatic heterocycles. The molecule has 186 valence electrons. The molecule has 0 aliphatic carbocycles. The van der Waals surface area contributed by atoms with Crippen LogP contribution in [-0.4, -0.2) is 60.1 Å². The molecule has 1 fully saturated rings.